The van der Waals surface area contributed by atoms with Crippen LogP contribution in [0.3, 0.4) is 0 Å². The molecule has 0 unspecified atom stereocenters. The molecule has 106 valence electrons. The fourth-order valence-electron chi connectivity index (χ4n) is 1.56. The summed E-state index contributed by atoms with van der Waals surface area (Å²) in [6.07, 6.45) is 1.05. The number of carbonyl (C=O) groups excluding carboxylic acids is 1. The summed E-state index contributed by atoms with van der Waals surface area (Å²) in [5, 5.41) is 11.1. The lowest BCUT2D eigenvalue weighted by atomic mass is 10.2. The number of carbonyl (C=O) groups is 1. The number of hydrogen-bond donors (Lipinski definition) is 4. The summed E-state index contributed by atoms with van der Waals surface area (Å²) in [6, 6.07) is 6.54. The maximum atomic E-state index is 11.9. The second-order valence-electron chi connectivity index (χ2n) is 3.98. The first-order chi connectivity index (χ1) is 10.1. The Morgan fingerprint density at radius 1 is 1.24 bits per heavy atom. The molecule has 2 rings (SSSR count). The van der Waals surface area contributed by atoms with Crippen molar-refractivity contribution in [3.63, 3.8) is 0 Å². The third-order valence-electron chi connectivity index (χ3n) is 2.52. The van der Waals surface area contributed by atoms with E-state index in [0.29, 0.717) is 11.3 Å². The number of amides is 1. The Bertz CT molecular complexity index is 822. The molecule has 0 aliphatic carbocycles. The molecule has 1 heterocycles. The molecule has 4 N–H and O–H groups in total. The minimum atomic E-state index is -0.762. The maximum Gasteiger partial charge on any atom is 0.325 e. The molecule has 2 aromatic rings. The van der Waals surface area contributed by atoms with Crippen molar-refractivity contribution in [2.24, 2.45) is 0 Å². The zero-order valence-electron chi connectivity index (χ0n) is 10.8. The van der Waals surface area contributed by atoms with E-state index in [1.165, 1.54) is 0 Å². The van der Waals surface area contributed by atoms with Gasteiger partial charge in [0.2, 0.25) is 0 Å². The van der Waals surface area contributed by atoms with Crippen LogP contribution in [0.15, 0.2) is 40.1 Å². The summed E-state index contributed by atoms with van der Waals surface area (Å²) in [7, 11) is 0. The van der Waals surface area contributed by atoms with E-state index in [4.69, 9.17) is 5.11 Å². The number of aromatic amines is 2. The smallest absolute Gasteiger partial charge is 0.325 e. The molecule has 0 fully saturated rings. The van der Waals surface area contributed by atoms with Gasteiger partial charge in [-0.1, -0.05) is 11.8 Å². The highest BCUT2D eigenvalue weighted by atomic mass is 16.2. The number of hydrogen-bond acceptors (Lipinski definition) is 4. The molecule has 0 atom stereocenters. The average molecular weight is 285 g/mol. The standard InChI is InChI=1S/C14H11N3O4/c18-7-1-2-9-3-5-10(6-4-9)16-12(19)11-8-15-14(21)17-13(11)20/h3-6,8,18H,7H2,(H,16,19)(H2,15,17,20,21). The highest BCUT2D eigenvalue weighted by molar-refractivity contribution is 6.03. The average Bonchev–Trinajstić information content (AvgIpc) is 2.46. The van der Waals surface area contributed by atoms with Crippen molar-refractivity contribution in [2.45, 2.75) is 0 Å². The van der Waals surface area contributed by atoms with Crippen LogP contribution in [-0.2, 0) is 0 Å². The zero-order valence-corrected chi connectivity index (χ0v) is 10.8. The molecule has 7 nitrogen and oxygen atoms in total. The molecular weight excluding hydrogens is 274 g/mol. The number of benzene rings is 1. The Balaban J connectivity index is 2.16. The Hall–Kier alpha value is -3.11. The Morgan fingerprint density at radius 3 is 2.57 bits per heavy atom. The number of aliphatic hydroxyl groups excluding tert-OH is 1. The second kappa shape index (κ2) is 6.36. The Morgan fingerprint density at radius 2 is 1.95 bits per heavy atom. The summed E-state index contributed by atoms with van der Waals surface area (Å²) in [5.74, 6) is 4.58. The highest BCUT2D eigenvalue weighted by Gasteiger charge is 2.10. The molecule has 7 heteroatoms. The van der Waals surface area contributed by atoms with Crippen LogP contribution in [0.5, 0.6) is 0 Å². The highest BCUT2D eigenvalue weighted by Crippen LogP contribution is 2.09. The molecule has 0 radical (unpaired) electrons. The first-order valence-electron chi connectivity index (χ1n) is 5.93. The fraction of sp³-hybridized carbons (Fsp3) is 0.0714. The third kappa shape index (κ3) is 3.68. The van der Waals surface area contributed by atoms with E-state index >= 15 is 0 Å². The van der Waals surface area contributed by atoms with Gasteiger partial charge in [-0.05, 0) is 24.3 Å². The maximum absolute atomic E-state index is 11.9. The predicted octanol–water partition coefficient (Wildman–Crippen LogP) is -0.341. The van der Waals surface area contributed by atoms with Crippen molar-refractivity contribution in [3.8, 4) is 11.8 Å². The molecule has 0 spiro atoms. The largest absolute Gasteiger partial charge is 0.384 e. The van der Waals surface area contributed by atoms with Gasteiger partial charge in [-0.15, -0.1) is 0 Å². The monoisotopic (exact) mass is 285 g/mol. The molecule has 1 aromatic heterocycles. The first kappa shape index (κ1) is 14.3. The number of aromatic nitrogens is 2. The van der Waals surface area contributed by atoms with Crippen molar-refractivity contribution in [1.29, 1.82) is 0 Å². The van der Waals surface area contributed by atoms with Crippen LogP contribution in [0.4, 0.5) is 5.69 Å². The lowest BCUT2D eigenvalue weighted by Gasteiger charge is -2.04. The number of aliphatic hydroxyl groups is 1. The van der Waals surface area contributed by atoms with Gasteiger partial charge in [-0.3, -0.25) is 14.6 Å². The molecule has 21 heavy (non-hydrogen) atoms. The van der Waals surface area contributed by atoms with Gasteiger partial charge in [-0.25, -0.2) is 4.79 Å². The van der Waals surface area contributed by atoms with E-state index in [9.17, 15) is 14.4 Å². The van der Waals surface area contributed by atoms with Crippen molar-refractivity contribution >= 4 is 11.6 Å². The summed E-state index contributed by atoms with van der Waals surface area (Å²) >= 11 is 0. The van der Waals surface area contributed by atoms with Crippen LogP contribution in [0, 0.1) is 11.8 Å². The van der Waals surface area contributed by atoms with E-state index in [1.54, 1.807) is 24.3 Å². The molecule has 1 aromatic carbocycles. The van der Waals surface area contributed by atoms with E-state index in [0.717, 1.165) is 6.20 Å². The first-order valence-corrected chi connectivity index (χ1v) is 5.93. The van der Waals surface area contributed by atoms with Gasteiger partial charge < -0.3 is 15.4 Å². The minimum absolute atomic E-state index is 0.196. The van der Waals surface area contributed by atoms with Crippen LogP contribution in [0.2, 0.25) is 0 Å². The molecule has 0 saturated carbocycles. The number of rotatable bonds is 2. The number of H-pyrrole nitrogens is 2. The lowest BCUT2D eigenvalue weighted by molar-refractivity contribution is 0.102. The van der Waals surface area contributed by atoms with Crippen molar-refractivity contribution in [2.75, 3.05) is 11.9 Å². The quantitative estimate of drug-likeness (QED) is 0.565. The van der Waals surface area contributed by atoms with Crippen molar-refractivity contribution in [1.82, 2.24) is 9.97 Å². The molecule has 1 amide bonds. The van der Waals surface area contributed by atoms with Crippen LogP contribution in [0.1, 0.15) is 15.9 Å². The SMILES string of the molecule is O=C(Nc1ccc(C#CCO)cc1)c1c[nH]c(=O)[nH]c1=O. The molecule has 0 saturated heterocycles. The van der Waals surface area contributed by atoms with Crippen LogP contribution >= 0.6 is 0 Å². The second-order valence-corrected chi connectivity index (χ2v) is 3.98. The summed E-state index contributed by atoms with van der Waals surface area (Å²) in [6.45, 7) is -0.229. The van der Waals surface area contributed by atoms with Crippen molar-refractivity contribution in [3.05, 3.63) is 62.4 Å². The van der Waals surface area contributed by atoms with E-state index in [2.05, 4.69) is 22.1 Å². The Labute approximate surface area is 118 Å². The lowest BCUT2D eigenvalue weighted by Crippen LogP contribution is -2.29. The van der Waals surface area contributed by atoms with Gasteiger partial charge in [0.05, 0.1) is 0 Å². The van der Waals surface area contributed by atoms with E-state index in [1.807, 2.05) is 4.98 Å². The zero-order chi connectivity index (χ0) is 15.2. The minimum Gasteiger partial charge on any atom is -0.384 e. The normalized spacial score (nSPS) is 9.57. The van der Waals surface area contributed by atoms with Gasteiger partial charge in [-0.2, -0.15) is 0 Å². The summed E-state index contributed by atoms with van der Waals surface area (Å²) in [5.41, 5.74) is -0.479. The van der Waals surface area contributed by atoms with Gasteiger partial charge in [0.15, 0.2) is 0 Å². The topological polar surface area (TPSA) is 115 Å². The third-order valence-corrected chi connectivity index (χ3v) is 2.52. The van der Waals surface area contributed by atoms with Crippen LogP contribution in [-0.4, -0.2) is 27.6 Å². The van der Waals surface area contributed by atoms with Gasteiger partial charge in [0.25, 0.3) is 11.5 Å². The summed E-state index contributed by atoms with van der Waals surface area (Å²) < 4.78 is 0. The molecule has 0 bridgehead atoms. The van der Waals surface area contributed by atoms with Gasteiger partial charge >= 0.3 is 5.69 Å². The van der Waals surface area contributed by atoms with Gasteiger partial charge in [0.1, 0.15) is 12.2 Å². The van der Waals surface area contributed by atoms with Gasteiger partial charge in [0, 0.05) is 17.4 Å². The van der Waals surface area contributed by atoms with Crippen LogP contribution in [0.25, 0.3) is 0 Å². The molecule has 0 aliphatic rings. The fourth-order valence-corrected chi connectivity index (χ4v) is 1.56. The molecular formula is C14H11N3O4. The predicted molar refractivity (Wildman–Crippen MR) is 76.0 cm³/mol. The van der Waals surface area contributed by atoms with Crippen LogP contribution < -0.4 is 16.6 Å². The Kier molecular flexibility index (Phi) is 4.33. The van der Waals surface area contributed by atoms with E-state index in [-0.39, 0.29) is 12.2 Å². The number of nitrogens with one attached hydrogen (secondary N) is 3. The summed E-state index contributed by atoms with van der Waals surface area (Å²) in [4.78, 5) is 38.4. The molecule has 0 aliphatic heterocycles. The van der Waals surface area contributed by atoms with Crippen molar-refractivity contribution < 1.29 is 9.90 Å². The number of anilines is 1. The van der Waals surface area contributed by atoms with E-state index < -0.39 is 17.2 Å².